The highest BCUT2D eigenvalue weighted by molar-refractivity contribution is 5.98. The van der Waals surface area contributed by atoms with Gasteiger partial charge in [-0.2, -0.15) is 0 Å². The lowest BCUT2D eigenvalue weighted by Gasteiger charge is -2.44. The number of para-hydroxylation sites is 1. The lowest BCUT2D eigenvalue weighted by molar-refractivity contribution is -0.124. The molecule has 2 fully saturated rings. The van der Waals surface area contributed by atoms with Gasteiger partial charge in [0.1, 0.15) is 5.75 Å². The van der Waals surface area contributed by atoms with E-state index in [0.717, 1.165) is 25.9 Å². The maximum absolute atomic E-state index is 12.3. The molecule has 1 spiro atoms. The number of carbonyl (C=O) groups is 2. The minimum Gasteiger partial charge on any atom is -0.467 e. The van der Waals surface area contributed by atoms with Gasteiger partial charge in [-0.15, -0.1) is 0 Å². The van der Waals surface area contributed by atoms with Gasteiger partial charge < -0.3 is 15.4 Å². The van der Waals surface area contributed by atoms with Crippen molar-refractivity contribution in [2.45, 2.75) is 50.3 Å². The number of fused-ring (bicyclic) bond motifs is 1. The summed E-state index contributed by atoms with van der Waals surface area (Å²) < 4.78 is 6.13. The molecule has 0 radical (unpaired) electrons. The number of amides is 2. The number of hydrogen-bond acceptors (Lipinski definition) is 4. The predicted molar refractivity (Wildman–Crippen MR) is 93.3 cm³/mol. The van der Waals surface area contributed by atoms with Crippen LogP contribution in [-0.4, -0.2) is 48.1 Å². The minimum atomic E-state index is -0.635. The Morgan fingerprint density at radius 1 is 1.24 bits per heavy atom. The average Bonchev–Trinajstić information content (AvgIpc) is 3.10. The van der Waals surface area contributed by atoms with Crippen molar-refractivity contribution in [3.05, 3.63) is 29.8 Å². The van der Waals surface area contributed by atoms with Crippen LogP contribution >= 0.6 is 0 Å². The molecule has 1 saturated carbocycles. The number of nitrogens with one attached hydrogen (secondary N) is 2. The van der Waals surface area contributed by atoms with Crippen molar-refractivity contribution >= 4 is 11.8 Å². The van der Waals surface area contributed by atoms with Crippen LogP contribution in [0.1, 0.15) is 48.9 Å². The van der Waals surface area contributed by atoms with E-state index in [1.807, 2.05) is 18.2 Å². The molecule has 0 atom stereocenters. The van der Waals surface area contributed by atoms with E-state index >= 15 is 0 Å². The van der Waals surface area contributed by atoms with E-state index in [0.29, 0.717) is 36.7 Å². The third-order valence-corrected chi connectivity index (χ3v) is 5.53. The number of rotatable bonds is 3. The second-order valence-corrected chi connectivity index (χ2v) is 7.37. The molecule has 2 aliphatic heterocycles. The maximum Gasteiger partial charge on any atom is 0.258 e. The van der Waals surface area contributed by atoms with Crippen molar-refractivity contribution in [2.75, 3.05) is 19.6 Å². The van der Waals surface area contributed by atoms with Gasteiger partial charge in [0.15, 0.2) is 5.72 Å². The standard InChI is InChI=1S/C19H25N3O3/c23-17(20-14-5-1-2-6-14)13-22-11-9-19(10-12-22)21-18(24)15-7-3-4-8-16(15)25-19/h3-4,7-8,14H,1-2,5-6,9-13H2,(H,20,23)(H,21,24). The maximum atomic E-state index is 12.3. The van der Waals surface area contributed by atoms with Crippen LogP contribution in [0.2, 0.25) is 0 Å². The van der Waals surface area contributed by atoms with Crippen molar-refractivity contribution in [3.8, 4) is 5.75 Å². The van der Waals surface area contributed by atoms with E-state index in [2.05, 4.69) is 15.5 Å². The van der Waals surface area contributed by atoms with Gasteiger partial charge in [0.25, 0.3) is 5.91 Å². The first-order chi connectivity index (χ1) is 12.1. The topological polar surface area (TPSA) is 70.7 Å². The Morgan fingerprint density at radius 2 is 1.96 bits per heavy atom. The van der Waals surface area contributed by atoms with Crippen LogP contribution in [0.15, 0.2) is 24.3 Å². The highest BCUT2D eigenvalue weighted by atomic mass is 16.5. The van der Waals surface area contributed by atoms with Gasteiger partial charge in [-0.25, -0.2) is 0 Å². The third-order valence-electron chi connectivity index (χ3n) is 5.53. The number of ether oxygens (including phenoxy) is 1. The van der Waals surface area contributed by atoms with Gasteiger partial charge in [-0.1, -0.05) is 25.0 Å². The summed E-state index contributed by atoms with van der Waals surface area (Å²) in [6, 6.07) is 7.71. The van der Waals surface area contributed by atoms with E-state index in [1.165, 1.54) is 12.8 Å². The molecule has 6 heteroatoms. The number of nitrogens with zero attached hydrogens (tertiary/aromatic N) is 1. The van der Waals surface area contributed by atoms with E-state index in [-0.39, 0.29) is 11.8 Å². The Bertz CT molecular complexity index is 662. The van der Waals surface area contributed by atoms with Crippen LogP contribution < -0.4 is 15.4 Å². The van der Waals surface area contributed by atoms with Crippen LogP contribution in [0.5, 0.6) is 5.75 Å². The summed E-state index contributed by atoms with van der Waals surface area (Å²) in [4.78, 5) is 26.7. The van der Waals surface area contributed by atoms with Crippen molar-refractivity contribution in [3.63, 3.8) is 0 Å². The predicted octanol–water partition coefficient (Wildman–Crippen LogP) is 1.66. The summed E-state index contributed by atoms with van der Waals surface area (Å²) in [5.41, 5.74) is -0.0457. The first-order valence-corrected chi connectivity index (χ1v) is 9.26. The fourth-order valence-corrected chi connectivity index (χ4v) is 4.10. The molecule has 4 rings (SSSR count). The quantitative estimate of drug-likeness (QED) is 0.876. The van der Waals surface area contributed by atoms with Gasteiger partial charge >= 0.3 is 0 Å². The van der Waals surface area contributed by atoms with Gasteiger partial charge in [-0.05, 0) is 25.0 Å². The zero-order valence-corrected chi connectivity index (χ0v) is 14.4. The SMILES string of the molecule is O=C(CN1CCC2(CC1)NC(=O)c1ccccc1O2)NC1CCCC1. The van der Waals surface area contributed by atoms with Crippen LogP contribution in [0.4, 0.5) is 0 Å². The first-order valence-electron chi connectivity index (χ1n) is 9.26. The molecule has 0 bridgehead atoms. The summed E-state index contributed by atoms with van der Waals surface area (Å²) >= 11 is 0. The summed E-state index contributed by atoms with van der Waals surface area (Å²) in [6.45, 7) is 1.90. The molecular formula is C19H25N3O3. The number of carbonyl (C=O) groups excluding carboxylic acids is 2. The second kappa shape index (κ2) is 6.67. The Balaban J connectivity index is 1.32. The molecule has 6 nitrogen and oxygen atoms in total. The largest absolute Gasteiger partial charge is 0.467 e. The number of hydrogen-bond donors (Lipinski definition) is 2. The summed E-state index contributed by atoms with van der Waals surface area (Å²) in [5, 5.41) is 6.17. The minimum absolute atomic E-state index is 0.0747. The molecule has 1 aliphatic carbocycles. The monoisotopic (exact) mass is 343 g/mol. The summed E-state index contributed by atoms with van der Waals surface area (Å²) in [6.07, 6.45) is 6.02. The molecule has 0 unspecified atom stereocenters. The molecule has 2 N–H and O–H groups in total. The smallest absolute Gasteiger partial charge is 0.258 e. The van der Waals surface area contributed by atoms with Gasteiger partial charge in [-0.3, -0.25) is 14.5 Å². The van der Waals surface area contributed by atoms with E-state index in [1.54, 1.807) is 6.07 Å². The number of benzene rings is 1. The average molecular weight is 343 g/mol. The van der Waals surface area contributed by atoms with Gasteiger partial charge in [0.05, 0.1) is 12.1 Å². The van der Waals surface area contributed by atoms with Crippen LogP contribution in [0.25, 0.3) is 0 Å². The molecule has 2 amide bonds. The molecule has 1 aromatic rings. The molecule has 0 aromatic heterocycles. The molecule has 1 saturated heterocycles. The van der Waals surface area contributed by atoms with Crippen molar-refractivity contribution in [1.82, 2.24) is 15.5 Å². The lowest BCUT2D eigenvalue weighted by atomic mass is 9.97. The highest BCUT2D eigenvalue weighted by Crippen LogP contribution is 2.33. The van der Waals surface area contributed by atoms with E-state index in [4.69, 9.17) is 4.74 Å². The van der Waals surface area contributed by atoms with Crippen molar-refractivity contribution < 1.29 is 14.3 Å². The summed E-state index contributed by atoms with van der Waals surface area (Å²) in [7, 11) is 0. The molecule has 25 heavy (non-hydrogen) atoms. The van der Waals surface area contributed by atoms with E-state index in [9.17, 15) is 9.59 Å². The fraction of sp³-hybridized carbons (Fsp3) is 0.579. The molecule has 134 valence electrons. The van der Waals surface area contributed by atoms with E-state index < -0.39 is 5.72 Å². The first kappa shape index (κ1) is 16.4. The zero-order chi connectivity index (χ0) is 17.3. The summed E-state index contributed by atoms with van der Waals surface area (Å²) in [5.74, 6) is 0.690. The van der Waals surface area contributed by atoms with Crippen molar-refractivity contribution in [1.29, 1.82) is 0 Å². The molecule has 2 heterocycles. The lowest BCUT2D eigenvalue weighted by Crippen LogP contribution is -2.61. The van der Waals surface area contributed by atoms with Gasteiger partial charge in [0, 0.05) is 32.0 Å². The van der Waals surface area contributed by atoms with Crippen LogP contribution in [0, 0.1) is 0 Å². The number of likely N-dealkylation sites (tertiary alicyclic amines) is 1. The highest BCUT2D eigenvalue weighted by Gasteiger charge is 2.42. The van der Waals surface area contributed by atoms with Gasteiger partial charge in [0.2, 0.25) is 5.91 Å². The Kier molecular flexibility index (Phi) is 4.37. The normalized spacial score (nSPS) is 23.0. The fourth-order valence-electron chi connectivity index (χ4n) is 4.10. The molecule has 1 aromatic carbocycles. The van der Waals surface area contributed by atoms with Crippen LogP contribution in [-0.2, 0) is 4.79 Å². The van der Waals surface area contributed by atoms with Crippen molar-refractivity contribution in [2.24, 2.45) is 0 Å². The Morgan fingerprint density at radius 3 is 2.72 bits per heavy atom. The number of piperidine rings is 1. The zero-order valence-electron chi connectivity index (χ0n) is 14.4. The molecule has 3 aliphatic rings. The van der Waals surface area contributed by atoms with Crippen LogP contribution in [0.3, 0.4) is 0 Å². The third kappa shape index (κ3) is 3.49. The Labute approximate surface area is 147 Å². The molecular weight excluding hydrogens is 318 g/mol. The second-order valence-electron chi connectivity index (χ2n) is 7.37. The Hall–Kier alpha value is -2.08.